The molecule has 3 nitrogen and oxygen atoms in total. The van der Waals surface area contributed by atoms with Crippen LogP contribution in [0.4, 0.5) is 0 Å². The van der Waals surface area contributed by atoms with Crippen LogP contribution in [0.3, 0.4) is 0 Å². The minimum atomic E-state index is 0.592. The van der Waals surface area contributed by atoms with Gasteiger partial charge in [0, 0.05) is 23.6 Å². The van der Waals surface area contributed by atoms with E-state index in [-0.39, 0.29) is 0 Å². The molecule has 4 heteroatoms. The van der Waals surface area contributed by atoms with Crippen molar-refractivity contribution in [1.82, 2.24) is 5.32 Å². The lowest BCUT2D eigenvalue weighted by Crippen LogP contribution is -2.14. The molecule has 0 saturated carbocycles. The first-order chi connectivity index (χ1) is 9.27. The summed E-state index contributed by atoms with van der Waals surface area (Å²) in [5.74, 6) is 0.880. The number of halogens is 1. The fourth-order valence-electron chi connectivity index (χ4n) is 1.72. The molecule has 0 saturated heterocycles. The fourth-order valence-corrected chi connectivity index (χ4v) is 1.91. The van der Waals surface area contributed by atoms with Crippen molar-refractivity contribution < 1.29 is 4.74 Å². The molecule has 0 heterocycles. The first-order valence-corrected chi connectivity index (χ1v) is 7.14. The van der Waals surface area contributed by atoms with Crippen LogP contribution in [0.1, 0.15) is 38.2 Å². The van der Waals surface area contributed by atoms with Gasteiger partial charge in [-0.3, -0.25) is 0 Å². The molecule has 0 amide bonds. The Kier molecular flexibility index (Phi) is 8.04. The highest BCUT2D eigenvalue weighted by atomic mass is 35.5. The summed E-state index contributed by atoms with van der Waals surface area (Å²) in [5, 5.41) is 12.5. The van der Waals surface area contributed by atoms with Gasteiger partial charge in [0.1, 0.15) is 5.75 Å². The van der Waals surface area contributed by atoms with Crippen molar-refractivity contribution in [2.24, 2.45) is 0 Å². The molecule has 0 atom stereocenters. The predicted octanol–water partition coefficient (Wildman–Crippen LogP) is 3.91. The molecule has 1 rings (SSSR count). The summed E-state index contributed by atoms with van der Waals surface area (Å²) in [5.41, 5.74) is 1.08. The van der Waals surface area contributed by atoms with Crippen molar-refractivity contribution in [2.75, 3.05) is 13.2 Å². The van der Waals surface area contributed by atoms with E-state index < -0.39 is 0 Å². The molecule has 0 aliphatic heterocycles. The summed E-state index contributed by atoms with van der Waals surface area (Å²) in [6, 6.07) is 7.83. The maximum atomic E-state index is 8.46. The Bertz CT molecular complexity index is 415. The van der Waals surface area contributed by atoms with Gasteiger partial charge < -0.3 is 10.1 Å². The second kappa shape index (κ2) is 9.66. The molecule has 19 heavy (non-hydrogen) atoms. The van der Waals surface area contributed by atoms with E-state index in [0.29, 0.717) is 13.0 Å². The molecule has 1 aromatic carbocycles. The average molecular weight is 281 g/mol. The molecule has 1 N–H and O–H groups in total. The lowest BCUT2D eigenvalue weighted by Gasteiger charge is -2.12. The van der Waals surface area contributed by atoms with Gasteiger partial charge in [0.05, 0.1) is 12.7 Å². The van der Waals surface area contributed by atoms with E-state index in [1.54, 1.807) is 0 Å². The number of ether oxygens (including phenoxy) is 1. The second-order valence-corrected chi connectivity index (χ2v) is 4.83. The van der Waals surface area contributed by atoms with Gasteiger partial charge in [0.25, 0.3) is 0 Å². The Morgan fingerprint density at radius 1 is 1.37 bits per heavy atom. The van der Waals surface area contributed by atoms with Gasteiger partial charge in [0.15, 0.2) is 0 Å². The van der Waals surface area contributed by atoms with Crippen LogP contribution in [-0.4, -0.2) is 13.2 Å². The van der Waals surface area contributed by atoms with Crippen LogP contribution < -0.4 is 10.1 Å². The van der Waals surface area contributed by atoms with Crippen molar-refractivity contribution in [1.29, 1.82) is 5.26 Å². The molecule has 0 fully saturated rings. The van der Waals surface area contributed by atoms with Crippen LogP contribution in [-0.2, 0) is 6.54 Å². The monoisotopic (exact) mass is 280 g/mol. The summed E-state index contributed by atoms with van der Waals surface area (Å²) in [7, 11) is 0. The van der Waals surface area contributed by atoms with E-state index >= 15 is 0 Å². The topological polar surface area (TPSA) is 45.0 Å². The molecule has 0 bridgehead atoms. The minimum Gasteiger partial charge on any atom is -0.493 e. The lowest BCUT2D eigenvalue weighted by atomic mass is 10.2. The standard InChI is InChI=1S/C15H21ClN2O/c1-2-9-18-12-13-11-14(16)6-7-15(13)19-10-5-3-4-8-17/h6-7,11,18H,2-5,9-10,12H2,1H3. The molecule has 0 aliphatic carbocycles. The van der Waals surface area contributed by atoms with E-state index in [4.69, 9.17) is 21.6 Å². The van der Waals surface area contributed by atoms with E-state index in [1.165, 1.54) is 0 Å². The second-order valence-electron chi connectivity index (χ2n) is 4.39. The number of rotatable bonds is 9. The van der Waals surface area contributed by atoms with Crippen molar-refractivity contribution in [3.8, 4) is 11.8 Å². The van der Waals surface area contributed by atoms with Crippen LogP contribution in [0.5, 0.6) is 5.75 Å². The number of nitrogens with one attached hydrogen (secondary N) is 1. The first-order valence-electron chi connectivity index (χ1n) is 6.76. The van der Waals surface area contributed by atoms with Gasteiger partial charge in [-0.25, -0.2) is 0 Å². The van der Waals surface area contributed by atoms with E-state index in [0.717, 1.165) is 48.7 Å². The van der Waals surface area contributed by atoms with Crippen molar-refractivity contribution in [3.63, 3.8) is 0 Å². The van der Waals surface area contributed by atoms with Crippen LogP contribution in [0.2, 0.25) is 5.02 Å². The zero-order chi connectivity index (χ0) is 13.9. The Morgan fingerprint density at radius 2 is 2.21 bits per heavy atom. The SMILES string of the molecule is CCCNCc1cc(Cl)ccc1OCCCCC#N. The third-order valence-corrected chi connectivity index (χ3v) is 2.94. The number of benzene rings is 1. The molecular formula is C15H21ClN2O. The average Bonchev–Trinajstić information content (AvgIpc) is 2.41. The summed E-state index contributed by atoms with van der Waals surface area (Å²) >= 11 is 6.01. The molecule has 1 aromatic rings. The van der Waals surface area contributed by atoms with Crippen LogP contribution in [0, 0.1) is 11.3 Å². The zero-order valence-corrected chi connectivity index (χ0v) is 12.2. The third-order valence-electron chi connectivity index (χ3n) is 2.71. The highest BCUT2D eigenvalue weighted by Gasteiger charge is 2.04. The van der Waals surface area contributed by atoms with Crippen molar-refractivity contribution >= 4 is 11.6 Å². The highest BCUT2D eigenvalue weighted by Crippen LogP contribution is 2.23. The number of unbranched alkanes of at least 4 members (excludes halogenated alkanes) is 2. The maximum absolute atomic E-state index is 8.46. The van der Waals surface area contributed by atoms with Gasteiger partial charge in [-0.2, -0.15) is 5.26 Å². The molecule has 0 unspecified atom stereocenters. The van der Waals surface area contributed by atoms with Crippen molar-refractivity contribution in [3.05, 3.63) is 28.8 Å². The van der Waals surface area contributed by atoms with E-state index in [9.17, 15) is 0 Å². The highest BCUT2D eigenvalue weighted by molar-refractivity contribution is 6.30. The molecule has 0 aromatic heterocycles. The largest absolute Gasteiger partial charge is 0.493 e. The van der Waals surface area contributed by atoms with Crippen LogP contribution in [0.15, 0.2) is 18.2 Å². The van der Waals surface area contributed by atoms with E-state index in [1.807, 2.05) is 18.2 Å². The molecule has 0 radical (unpaired) electrons. The van der Waals surface area contributed by atoms with E-state index in [2.05, 4.69) is 18.3 Å². The van der Waals surface area contributed by atoms with Gasteiger partial charge in [-0.15, -0.1) is 0 Å². The third kappa shape index (κ3) is 6.47. The predicted molar refractivity (Wildman–Crippen MR) is 78.4 cm³/mol. The maximum Gasteiger partial charge on any atom is 0.123 e. The Morgan fingerprint density at radius 3 is 2.95 bits per heavy atom. The first kappa shape index (κ1) is 15.8. The molecule has 104 valence electrons. The Hall–Kier alpha value is -1.24. The summed E-state index contributed by atoms with van der Waals surface area (Å²) in [6.07, 6.45) is 3.48. The number of hydrogen-bond donors (Lipinski definition) is 1. The summed E-state index contributed by atoms with van der Waals surface area (Å²) < 4.78 is 5.76. The minimum absolute atomic E-state index is 0.592. The Balaban J connectivity index is 2.48. The molecule has 0 aliphatic rings. The molecular weight excluding hydrogens is 260 g/mol. The van der Waals surface area contributed by atoms with Gasteiger partial charge in [-0.05, 0) is 44.0 Å². The van der Waals surface area contributed by atoms with Gasteiger partial charge in [0.2, 0.25) is 0 Å². The number of nitriles is 1. The summed E-state index contributed by atoms with van der Waals surface area (Å²) in [4.78, 5) is 0. The smallest absolute Gasteiger partial charge is 0.123 e. The fraction of sp³-hybridized carbons (Fsp3) is 0.533. The van der Waals surface area contributed by atoms with Gasteiger partial charge in [-0.1, -0.05) is 18.5 Å². The Labute approximate surface area is 120 Å². The number of hydrogen-bond acceptors (Lipinski definition) is 3. The number of nitrogens with zero attached hydrogens (tertiary/aromatic N) is 1. The quantitative estimate of drug-likeness (QED) is 0.698. The van der Waals surface area contributed by atoms with Crippen LogP contribution in [0.25, 0.3) is 0 Å². The van der Waals surface area contributed by atoms with Gasteiger partial charge >= 0.3 is 0 Å². The van der Waals surface area contributed by atoms with Crippen molar-refractivity contribution in [2.45, 2.75) is 39.2 Å². The summed E-state index contributed by atoms with van der Waals surface area (Å²) in [6.45, 7) is 4.53. The lowest BCUT2D eigenvalue weighted by molar-refractivity contribution is 0.304. The molecule has 0 spiro atoms. The normalized spacial score (nSPS) is 10.2. The zero-order valence-electron chi connectivity index (χ0n) is 11.4. The van der Waals surface area contributed by atoms with Crippen LogP contribution >= 0.6 is 11.6 Å².